The van der Waals surface area contributed by atoms with Crippen molar-refractivity contribution in [2.24, 2.45) is 0 Å². The first kappa shape index (κ1) is 20.2. The molecule has 2 heterocycles. The number of tetrazole rings is 1. The smallest absolute Gasteiger partial charge is 0.322 e. The number of aromatic nitrogens is 6. The molecular formula is C19H13F4N7O. The number of carbonyl (C=O) groups excluding carboxylic acids is 1. The highest BCUT2D eigenvalue weighted by Gasteiger charge is 2.33. The Balaban J connectivity index is 1.52. The second kappa shape index (κ2) is 7.63. The fourth-order valence-corrected chi connectivity index (χ4v) is 2.79. The number of amides is 1. The van der Waals surface area contributed by atoms with Crippen LogP contribution in [0, 0.1) is 12.7 Å². The maximum absolute atomic E-state index is 14.1. The van der Waals surface area contributed by atoms with Crippen LogP contribution in [0.25, 0.3) is 11.4 Å². The topological polar surface area (TPSA) is 90.5 Å². The van der Waals surface area contributed by atoms with Gasteiger partial charge in [-0.25, -0.2) is 9.07 Å². The lowest BCUT2D eigenvalue weighted by Gasteiger charge is -2.09. The summed E-state index contributed by atoms with van der Waals surface area (Å²) in [5.74, 6) is -0.700. The molecule has 0 aliphatic heterocycles. The van der Waals surface area contributed by atoms with Gasteiger partial charge < -0.3 is 5.32 Å². The molecule has 12 heteroatoms. The minimum absolute atomic E-state index is 0.0646. The second-order valence-corrected chi connectivity index (χ2v) is 6.45. The number of anilines is 1. The van der Waals surface area contributed by atoms with Crippen LogP contribution in [0.4, 0.5) is 23.2 Å². The quantitative estimate of drug-likeness (QED) is 0.499. The molecule has 0 aliphatic carbocycles. The van der Waals surface area contributed by atoms with Crippen LogP contribution in [0.15, 0.2) is 54.7 Å². The Kier molecular flexibility index (Phi) is 4.97. The zero-order chi connectivity index (χ0) is 22.2. The highest BCUT2D eigenvalue weighted by atomic mass is 19.4. The summed E-state index contributed by atoms with van der Waals surface area (Å²) >= 11 is 0. The van der Waals surface area contributed by atoms with E-state index in [-0.39, 0.29) is 11.3 Å². The van der Waals surface area contributed by atoms with Gasteiger partial charge in [0.1, 0.15) is 11.5 Å². The van der Waals surface area contributed by atoms with Gasteiger partial charge >= 0.3 is 6.18 Å². The van der Waals surface area contributed by atoms with Crippen molar-refractivity contribution in [3.8, 4) is 11.4 Å². The normalized spacial score (nSPS) is 11.5. The monoisotopic (exact) mass is 431 g/mol. The van der Waals surface area contributed by atoms with Crippen molar-refractivity contribution in [2.75, 3.05) is 5.32 Å². The van der Waals surface area contributed by atoms with E-state index in [1.807, 2.05) is 0 Å². The van der Waals surface area contributed by atoms with Gasteiger partial charge in [0.05, 0.1) is 5.69 Å². The van der Waals surface area contributed by atoms with E-state index in [4.69, 9.17) is 0 Å². The summed E-state index contributed by atoms with van der Waals surface area (Å²) < 4.78 is 54.5. The van der Waals surface area contributed by atoms with Gasteiger partial charge in [0, 0.05) is 17.4 Å². The van der Waals surface area contributed by atoms with E-state index in [1.54, 1.807) is 6.92 Å². The van der Waals surface area contributed by atoms with E-state index in [2.05, 4.69) is 25.9 Å². The third-order valence-corrected chi connectivity index (χ3v) is 4.33. The van der Waals surface area contributed by atoms with Crippen molar-refractivity contribution in [1.82, 2.24) is 30.0 Å². The van der Waals surface area contributed by atoms with Gasteiger partial charge in [0.2, 0.25) is 0 Å². The molecule has 0 fully saturated rings. The zero-order valence-electron chi connectivity index (χ0n) is 15.8. The van der Waals surface area contributed by atoms with E-state index in [9.17, 15) is 22.4 Å². The molecular weight excluding hydrogens is 418 g/mol. The van der Waals surface area contributed by atoms with Gasteiger partial charge in [-0.1, -0.05) is 0 Å². The molecule has 0 bridgehead atoms. The molecule has 2 aromatic carbocycles. The molecule has 0 unspecified atom stereocenters. The van der Waals surface area contributed by atoms with Crippen molar-refractivity contribution in [1.29, 1.82) is 0 Å². The number of alkyl halides is 3. The van der Waals surface area contributed by atoms with Crippen LogP contribution >= 0.6 is 0 Å². The fourth-order valence-electron chi connectivity index (χ4n) is 2.79. The van der Waals surface area contributed by atoms with E-state index < -0.39 is 23.6 Å². The maximum Gasteiger partial charge on any atom is 0.435 e. The number of nitrogens with one attached hydrogen (secondary N) is 1. The molecule has 0 radical (unpaired) electrons. The van der Waals surface area contributed by atoms with Crippen molar-refractivity contribution < 1.29 is 22.4 Å². The Morgan fingerprint density at radius 2 is 1.81 bits per heavy atom. The van der Waals surface area contributed by atoms with Gasteiger partial charge in [-0.2, -0.15) is 23.0 Å². The predicted octanol–water partition coefficient (Wildman–Crippen LogP) is 3.57. The molecule has 158 valence electrons. The molecule has 2 aromatic heterocycles. The SMILES string of the molecule is Cc1nnnn1-c1cc(NC(=O)c2ccc(-n3ccc(C(F)(F)F)n3)cc2)ccc1F. The van der Waals surface area contributed by atoms with Crippen LogP contribution in [0.1, 0.15) is 21.9 Å². The Labute approximate surface area is 172 Å². The number of carbonyl (C=O) groups is 1. The largest absolute Gasteiger partial charge is 0.435 e. The molecule has 8 nitrogen and oxygen atoms in total. The van der Waals surface area contributed by atoms with Crippen molar-refractivity contribution in [2.45, 2.75) is 13.1 Å². The number of hydrogen-bond donors (Lipinski definition) is 1. The average molecular weight is 431 g/mol. The highest BCUT2D eigenvalue weighted by molar-refractivity contribution is 6.04. The molecule has 4 aromatic rings. The summed E-state index contributed by atoms with van der Waals surface area (Å²) in [6.45, 7) is 1.60. The number of hydrogen-bond acceptors (Lipinski definition) is 5. The number of halogens is 4. The Bertz CT molecular complexity index is 1240. The summed E-state index contributed by atoms with van der Waals surface area (Å²) in [7, 11) is 0. The van der Waals surface area contributed by atoms with Crippen molar-refractivity contribution in [3.63, 3.8) is 0 Å². The zero-order valence-corrected chi connectivity index (χ0v) is 15.8. The third kappa shape index (κ3) is 4.13. The summed E-state index contributed by atoms with van der Waals surface area (Å²) in [5, 5.41) is 17.0. The molecule has 0 saturated carbocycles. The summed E-state index contributed by atoms with van der Waals surface area (Å²) in [6.07, 6.45) is -3.36. The van der Waals surface area contributed by atoms with Crippen molar-refractivity contribution >= 4 is 11.6 Å². The maximum atomic E-state index is 14.1. The van der Waals surface area contributed by atoms with E-state index in [0.29, 0.717) is 17.2 Å². The molecule has 1 N–H and O–H groups in total. The molecule has 0 aliphatic rings. The fraction of sp³-hybridized carbons (Fsp3) is 0.105. The Morgan fingerprint density at radius 3 is 2.42 bits per heavy atom. The van der Waals surface area contributed by atoms with Crippen LogP contribution in [-0.4, -0.2) is 35.9 Å². The van der Waals surface area contributed by atoms with Gasteiger partial charge in [0.25, 0.3) is 5.91 Å². The van der Waals surface area contributed by atoms with Gasteiger partial charge in [-0.15, -0.1) is 5.10 Å². The van der Waals surface area contributed by atoms with Crippen LogP contribution in [-0.2, 0) is 6.18 Å². The summed E-state index contributed by atoms with van der Waals surface area (Å²) in [4.78, 5) is 12.5. The van der Waals surface area contributed by atoms with Crippen LogP contribution in [0.2, 0.25) is 0 Å². The van der Waals surface area contributed by atoms with Gasteiger partial charge in [-0.3, -0.25) is 4.79 Å². The first-order valence-electron chi connectivity index (χ1n) is 8.82. The number of rotatable bonds is 4. The van der Waals surface area contributed by atoms with Crippen LogP contribution < -0.4 is 5.32 Å². The highest BCUT2D eigenvalue weighted by Crippen LogP contribution is 2.28. The Hall–Kier alpha value is -4.09. The first-order valence-corrected chi connectivity index (χ1v) is 8.82. The van der Waals surface area contributed by atoms with Gasteiger partial charge in [-0.05, 0) is 65.9 Å². The minimum Gasteiger partial charge on any atom is -0.322 e. The number of aryl methyl sites for hydroxylation is 1. The average Bonchev–Trinajstić information content (AvgIpc) is 3.39. The lowest BCUT2D eigenvalue weighted by Crippen LogP contribution is -2.13. The summed E-state index contributed by atoms with van der Waals surface area (Å²) in [6, 6.07) is 10.6. The predicted molar refractivity (Wildman–Crippen MR) is 100 cm³/mol. The van der Waals surface area contributed by atoms with E-state index in [0.717, 1.165) is 10.7 Å². The minimum atomic E-state index is -4.54. The van der Waals surface area contributed by atoms with Crippen molar-refractivity contribution in [3.05, 3.63) is 77.6 Å². The Morgan fingerprint density at radius 1 is 1.06 bits per heavy atom. The number of benzene rings is 2. The van der Waals surface area contributed by atoms with Gasteiger partial charge in [0.15, 0.2) is 11.5 Å². The third-order valence-electron chi connectivity index (χ3n) is 4.33. The molecule has 31 heavy (non-hydrogen) atoms. The molecule has 1 amide bonds. The lowest BCUT2D eigenvalue weighted by molar-refractivity contribution is -0.141. The molecule has 4 rings (SSSR count). The molecule has 0 saturated heterocycles. The second-order valence-electron chi connectivity index (χ2n) is 6.45. The number of nitrogens with zero attached hydrogens (tertiary/aromatic N) is 6. The first-order chi connectivity index (χ1) is 14.7. The molecule has 0 atom stereocenters. The standard InChI is InChI=1S/C19H13F4N7O/c1-11-25-27-28-30(11)16-10-13(4-7-15(16)20)24-18(31)12-2-5-14(6-3-12)29-9-8-17(26-29)19(21,22)23/h2-10H,1H3,(H,24,31). The summed E-state index contributed by atoms with van der Waals surface area (Å²) in [5.41, 5.74) is -0.0435. The van der Waals surface area contributed by atoms with Crippen LogP contribution in [0.5, 0.6) is 0 Å². The van der Waals surface area contributed by atoms with E-state index >= 15 is 0 Å². The van der Waals surface area contributed by atoms with Crippen LogP contribution in [0.3, 0.4) is 0 Å². The lowest BCUT2D eigenvalue weighted by atomic mass is 10.2. The molecule has 0 spiro atoms. The van der Waals surface area contributed by atoms with E-state index in [1.165, 1.54) is 53.3 Å².